The standard InChI is InChI=1S/C21H24F3N5O3/c22-21(23,24)14-3-1-13(2-4-14)9-18(30)31-10-15-7-8-20(11-25,32-15)17-6-5-16-19(26)27-12-28-29(16)17/h5-6,12-15H,1-4,7-10H2,(H2,26,27,28). The first kappa shape index (κ1) is 22.3. The van der Waals surface area contributed by atoms with Crippen molar-refractivity contribution < 1.29 is 27.4 Å². The number of hydrogen-bond donors (Lipinski definition) is 1. The van der Waals surface area contributed by atoms with E-state index in [1.165, 1.54) is 10.8 Å². The molecule has 2 N–H and O–H groups in total. The van der Waals surface area contributed by atoms with Gasteiger partial charge in [0.1, 0.15) is 24.5 Å². The second kappa shape index (κ2) is 8.58. The Morgan fingerprint density at radius 1 is 1.31 bits per heavy atom. The smallest absolute Gasteiger partial charge is 0.391 e. The maximum atomic E-state index is 12.8. The minimum absolute atomic E-state index is 0.0133. The van der Waals surface area contributed by atoms with Crippen LogP contribution in [0.15, 0.2) is 18.5 Å². The highest BCUT2D eigenvalue weighted by Gasteiger charge is 2.45. The highest BCUT2D eigenvalue weighted by Crippen LogP contribution is 2.41. The van der Waals surface area contributed by atoms with Gasteiger partial charge in [-0.15, -0.1) is 0 Å². The summed E-state index contributed by atoms with van der Waals surface area (Å²) in [6.07, 6.45) is -1.51. The Labute approximate surface area is 182 Å². The number of esters is 1. The van der Waals surface area contributed by atoms with Crippen molar-refractivity contribution >= 4 is 17.3 Å². The Bertz CT molecular complexity index is 1030. The number of ether oxygens (including phenoxy) is 2. The molecule has 3 heterocycles. The Morgan fingerprint density at radius 2 is 2.06 bits per heavy atom. The summed E-state index contributed by atoms with van der Waals surface area (Å²) in [6, 6.07) is 5.65. The van der Waals surface area contributed by atoms with Gasteiger partial charge in [-0.05, 0) is 56.6 Å². The van der Waals surface area contributed by atoms with Gasteiger partial charge in [-0.2, -0.15) is 23.5 Å². The summed E-state index contributed by atoms with van der Waals surface area (Å²) in [4.78, 5) is 16.2. The third-order valence-corrected chi connectivity index (χ3v) is 6.46. The van der Waals surface area contributed by atoms with Crippen LogP contribution in [0.4, 0.5) is 19.0 Å². The summed E-state index contributed by atoms with van der Waals surface area (Å²) in [7, 11) is 0. The van der Waals surface area contributed by atoms with Crippen LogP contribution < -0.4 is 5.73 Å². The average Bonchev–Trinajstić information content (AvgIpc) is 3.38. The molecule has 1 saturated heterocycles. The van der Waals surface area contributed by atoms with E-state index < -0.39 is 29.8 Å². The van der Waals surface area contributed by atoms with Gasteiger partial charge in [0.25, 0.3) is 0 Å². The highest BCUT2D eigenvalue weighted by atomic mass is 19.4. The molecule has 4 rings (SSSR count). The molecule has 172 valence electrons. The number of nitrogens with two attached hydrogens (primary N) is 1. The largest absolute Gasteiger partial charge is 0.463 e. The summed E-state index contributed by atoms with van der Waals surface area (Å²) in [5, 5.41) is 14.0. The van der Waals surface area contributed by atoms with Crippen molar-refractivity contribution in [3.05, 3.63) is 24.2 Å². The lowest BCUT2D eigenvalue weighted by Gasteiger charge is -2.29. The lowest BCUT2D eigenvalue weighted by atomic mass is 9.80. The Balaban J connectivity index is 1.31. The molecule has 2 atom stereocenters. The summed E-state index contributed by atoms with van der Waals surface area (Å²) in [5.41, 5.74) is 5.70. The minimum atomic E-state index is -4.17. The van der Waals surface area contributed by atoms with E-state index >= 15 is 0 Å². The van der Waals surface area contributed by atoms with Crippen LogP contribution in [0.1, 0.15) is 50.6 Å². The van der Waals surface area contributed by atoms with E-state index in [-0.39, 0.29) is 37.6 Å². The van der Waals surface area contributed by atoms with Gasteiger partial charge < -0.3 is 15.2 Å². The number of nitrogens with zero attached hydrogens (tertiary/aromatic N) is 4. The second-order valence-corrected chi connectivity index (χ2v) is 8.52. The molecule has 2 aromatic heterocycles. The lowest BCUT2D eigenvalue weighted by Crippen LogP contribution is -2.30. The number of carbonyl (C=O) groups excluding carboxylic acids is 1. The molecule has 2 aromatic rings. The quantitative estimate of drug-likeness (QED) is 0.692. The van der Waals surface area contributed by atoms with Crippen molar-refractivity contribution in [2.24, 2.45) is 11.8 Å². The molecule has 0 radical (unpaired) electrons. The van der Waals surface area contributed by atoms with Crippen molar-refractivity contribution in [2.45, 2.75) is 62.8 Å². The maximum absolute atomic E-state index is 12.8. The van der Waals surface area contributed by atoms with Crippen molar-refractivity contribution in [3.63, 3.8) is 0 Å². The Hall–Kier alpha value is -2.87. The van der Waals surface area contributed by atoms with E-state index in [2.05, 4.69) is 16.2 Å². The third kappa shape index (κ3) is 4.37. The predicted molar refractivity (Wildman–Crippen MR) is 106 cm³/mol. The molecular formula is C21H24F3N5O3. The molecular weight excluding hydrogens is 427 g/mol. The van der Waals surface area contributed by atoms with Gasteiger partial charge in [0.2, 0.25) is 0 Å². The number of halogens is 3. The number of carbonyl (C=O) groups is 1. The number of aromatic nitrogens is 3. The zero-order chi connectivity index (χ0) is 22.9. The first-order valence-electron chi connectivity index (χ1n) is 10.6. The number of fused-ring (bicyclic) bond motifs is 1. The van der Waals surface area contributed by atoms with Crippen LogP contribution in [0.5, 0.6) is 0 Å². The van der Waals surface area contributed by atoms with Crippen LogP contribution >= 0.6 is 0 Å². The molecule has 2 unspecified atom stereocenters. The molecule has 0 amide bonds. The van der Waals surface area contributed by atoms with E-state index in [1.807, 2.05) is 0 Å². The molecule has 1 aliphatic heterocycles. The normalized spacial score (nSPS) is 28.5. The number of rotatable bonds is 5. The highest BCUT2D eigenvalue weighted by molar-refractivity contribution is 5.69. The van der Waals surface area contributed by atoms with Crippen molar-refractivity contribution in [3.8, 4) is 6.07 Å². The van der Waals surface area contributed by atoms with Gasteiger partial charge in [-0.25, -0.2) is 9.50 Å². The van der Waals surface area contributed by atoms with Crippen LogP contribution in [-0.4, -0.2) is 39.5 Å². The Morgan fingerprint density at radius 3 is 2.75 bits per heavy atom. The summed E-state index contributed by atoms with van der Waals surface area (Å²) >= 11 is 0. The summed E-state index contributed by atoms with van der Waals surface area (Å²) in [5.74, 6) is -1.54. The zero-order valence-electron chi connectivity index (χ0n) is 17.3. The summed E-state index contributed by atoms with van der Waals surface area (Å²) < 4.78 is 51.2. The monoisotopic (exact) mass is 451 g/mol. The molecule has 32 heavy (non-hydrogen) atoms. The topological polar surface area (TPSA) is 116 Å². The van der Waals surface area contributed by atoms with Gasteiger partial charge in [-0.1, -0.05) is 0 Å². The number of nitriles is 1. The first-order chi connectivity index (χ1) is 15.2. The van der Waals surface area contributed by atoms with Gasteiger partial charge in [0.15, 0.2) is 11.4 Å². The van der Waals surface area contributed by atoms with Crippen LogP contribution in [-0.2, 0) is 19.9 Å². The van der Waals surface area contributed by atoms with Gasteiger partial charge in [-0.3, -0.25) is 4.79 Å². The van der Waals surface area contributed by atoms with E-state index in [0.29, 0.717) is 36.9 Å². The van der Waals surface area contributed by atoms with E-state index in [1.54, 1.807) is 12.1 Å². The van der Waals surface area contributed by atoms with E-state index in [0.717, 1.165) is 0 Å². The van der Waals surface area contributed by atoms with Crippen LogP contribution in [0, 0.1) is 23.2 Å². The van der Waals surface area contributed by atoms with E-state index in [9.17, 15) is 23.2 Å². The molecule has 1 aliphatic carbocycles. The molecule has 2 aliphatic rings. The maximum Gasteiger partial charge on any atom is 0.391 e. The van der Waals surface area contributed by atoms with Crippen LogP contribution in [0.2, 0.25) is 0 Å². The third-order valence-electron chi connectivity index (χ3n) is 6.46. The second-order valence-electron chi connectivity index (χ2n) is 8.52. The van der Waals surface area contributed by atoms with Crippen molar-refractivity contribution in [2.75, 3.05) is 12.3 Å². The van der Waals surface area contributed by atoms with Gasteiger partial charge >= 0.3 is 12.1 Å². The molecule has 0 aromatic carbocycles. The van der Waals surface area contributed by atoms with Gasteiger partial charge in [0, 0.05) is 6.42 Å². The SMILES string of the molecule is N#CC1(c2ccc3c(N)ncnn23)CCC(COC(=O)CC2CCC(C(F)(F)F)CC2)O1. The van der Waals surface area contributed by atoms with Crippen molar-refractivity contribution in [1.82, 2.24) is 14.6 Å². The number of anilines is 1. The average molecular weight is 451 g/mol. The molecule has 0 spiro atoms. The fraction of sp³-hybridized carbons (Fsp3) is 0.619. The molecule has 0 bridgehead atoms. The predicted octanol–water partition coefficient (Wildman–Crippen LogP) is 3.51. The molecule has 1 saturated carbocycles. The molecule has 8 nitrogen and oxygen atoms in total. The lowest BCUT2D eigenvalue weighted by molar-refractivity contribution is -0.184. The number of hydrogen-bond acceptors (Lipinski definition) is 7. The fourth-order valence-electron chi connectivity index (χ4n) is 4.64. The minimum Gasteiger partial charge on any atom is -0.463 e. The number of nitrogen functional groups attached to an aromatic ring is 1. The molecule has 11 heteroatoms. The fourth-order valence-corrected chi connectivity index (χ4v) is 4.64. The van der Waals surface area contributed by atoms with Gasteiger partial charge in [0.05, 0.1) is 17.7 Å². The van der Waals surface area contributed by atoms with Crippen molar-refractivity contribution in [1.29, 1.82) is 5.26 Å². The zero-order valence-corrected chi connectivity index (χ0v) is 17.3. The van der Waals surface area contributed by atoms with E-state index in [4.69, 9.17) is 15.2 Å². The summed E-state index contributed by atoms with van der Waals surface area (Å²) in [6.45, 7) is -0.0133. The number of alkyl halides is 3. The van der Waals surface area contributed by atoms with Crippen LogP contribution in [0.25, 0.3) is 5.52 Å². The Kier molecular flexibility index (Phi) is 5.99. The first-order valence-corrected chi connectivity index (χ1v) is 10.6. The molecule has 2 fully saturated rings. The van der Waals surface area contributed by atoms with Crippen LogP contribution in [0.3, 0.4) is 0 Å².